The molecule has 0 fully saturated rings. The smallest absolute Gasteiger partial charge is 0.272 e. The maximum absolute atomic E-state index is 13.4. The van der Waals surface area contributed by atoms with Crippen LogP contribution in [0.25, 0.3) is 5.57 Å². The molecule has 7 nitrogen and oxygen atoms in total. The highest BCUT2D eigenvalue weighted by Crippen LogP contribution is 2.32. The highest BCUT2D eigenvalue weighted by atomic mass is 16.2. The third-order valence-electron chi connectivity index (χ3n) is 6.24. The zero-order chi connectivity index (χ0) is 22.1. The lowest BCUT2D eigenvalue weighted by molar-refractivity contribution is -0.124. The van der Waals surface area contributed by atoms with E-state index in [1.165, 1.54) is 5.57 Å². The number of hydrogen-bond donors (Lipinski definition) is 2. The molecular formula is C23H37N5O2. The van der Waals surface area contributed by atoms with Crippen LogP contribution in [0.1, 0.15) is 75.4 Å². The van der Waals surface area contributed by atoms with Crippen LogP contribution in [0, 0.1) is 11.3 Å². The third-order valence-corrected chi connectivity index (χ3v) is 6.24. The molecule has 2 N–H and O–H groups in total. The molecular weight excluding hydrogens is 378 g/mol. The summed E-state index contributed by atoms with van der Waals surface area (Å²) in [6.07, 6.45) is 6.53. The van der Waals surface area contributed by atoms with Gasteiger partial charge in [-0.2, -0.15) is 0 Å². The van der Waals surface area contributed by atoms with Crippen LogP contribution in [0.4, 0.5) is 0 Å². The van der Waals surface area contributed by atoms with E-state index in [9.17, 15) is 9.59 Å². The van der Waals surface area contributed by atoms with Gasteiger partial charge in [0.05, 0.1) is 5.69 Å². The predicted molar refractivity (Wildman–Crippen MR) is 119 cm³/mol. The number of nitrogens with zero attached hydrogens (tertiary/aromatic N) is 3. The topological polar surface area (TPSA) is 79.3 Å². The summed E-state index contributed by atoms with van der Waals surface area (Å²) in [4.78, 5) is 32.9. The SMILES string of the molecule is CNC(=O)[C@@H](NC(=O)c1nc(C2=CCC(C)CC2)n2c1CN(C)CCC2)C(C)(C)C. The summed E-state index contributed by atoms with van der Waals surface area (Å²) in [6.45, 7) is 10.7. The molecule has 7 heteroatoms. The fourth-order valence-corrected chi connectivity index (χ4v) is 4.34. The maximum Gasteiger partial charge on any atom is 0.272 e. The van der Waals surface area contributed by atoms with Gasteiger partial charge in [-0.25, -0.2) is 4.98 Å². The van der Waals surface area contributed by atoms with Crippen molar-refractivity contribution in [3.05, 3.63) is 23.3 Å². The second kappa shape index (κ2) is 8.92. The van der Waals surface area contributed by atoms with Crippen molar-refractivity contribution in [2.45, 2.75) is 72.5 Å². The van der Waals surface area contributed by atoms with Crippen LogP contribution in [-0.2, 0) is 17.9 Å². The number of hydrogen-bond acceptors (Lipinski definition) is 4. The number of rotatable bonds is 4. The van der Waals surface area contributed by atoms with E-state index in [1.54, 1.807) is 7.05 Å². The lowest BCUT2D eigenvalue weighted by Crippen LogP contribution is -2.53. The monoisotopic (exact) mass is 415 g/mol. The number of likely N-dealkylation sites (N-methyl/N-ethyl adjacent to an activating group) is 1. The number of fused-ring (bicyclic) bond motifs is 1. The van der Waals surface area contributed by atoms with E-state index < -0.39 is 11.5 Å². The van der Waals surface area contributed by atoms with E-state index >= 15 is 0 Å². The minimum Gasteiger partial charge on any atom is -0.357 e. The quantitative estimate of drug-likeness (QED) is 0.793. The molecule has 1 aromatic rings. The number of aromatic nitrogens is 2. The van der Waals surface area contributed by atoms with Crippen LogP contribution in [0.3, 0.4) is 0 Å². The Bertz CT molecular complexity index is 833. The maximum atomic E-state index is 13.4. The van der Waals surface area contributed by atoms with Crippen LogP contribution in [0.2, 0.25) is 0 Å². The highest BCUT2D eigenvalue weighted by Gasteiger charge is 2.35. The number of carbonyl (C=O) groups is 2. The van der Waals surface area contributed by atoms with Gasteiger partial charge in [0.25, 0.3) is 5.91 Å². The summed E-state index contributed by atoms with van der Waals surface area (Å²) in [5.74, 6) is 1.17. The minimum absolute atomic E-state index is 0.192. The summed E-state index contributed by atoms with van der Waals surface area (Å²) >= 11 is 0. The first-order valence-corrected chi connectivity index (χ1v) is 11.1. The van der Waals surface area contributed by atoms with E-state index in [4.69, 9.17) is 4.98 Å². The first-order valence-electron chi connectivity index (χ1n) is 11.1. The Balaban J connectivity index is 1.99. The van der Waals surface area contributed by atoms with Crippen LogP contribution >= 0.6 is 0 Å². The summed E-state index contributed by atoms with van der Waals surface area (Å²) in [6, 6.07) is -0.631. The molecule has 0 saturated carbocycles. The number of carbonyl (C=O) groups excluding carboxylic acids is 2. The van der Waals surface area contributed by atoms with Gasteiger partial charge in [0.2, 0.25) is 5.91 Å². The van der Waals surface area contributed by atoms with E-state index in [0.717, 1.165) is 50.3 Å². The van der Waals surface area contributed by atoms with Gasteiger partial charge in [0.1, 0.15) is 11.9 Å². The largest absolute Gasteiger partial charge is 0.357 e. The van der Waals surface area contributed by atoms with Crippen molar-refractivity contribution >= 4 is 17.4 Å². The normalized spacial score (nSPS) is 21.3. The van der Waals surface area contributed by atoms with E-state index in [1.807, 2.05) is 20.8 Å². The van der Waals surface area contributed by atoms with Gasteiger partial charge < -0.3 is 20.1 Å². The molecule has 3 rings (SSSR count). The van der Waals surface area contributed by atoms with E-state index in [0.29, 0.717) is 18.2 Å². The van der Waals surface area contributed by atoms with Crippen molar-refractivity contribution in [3.8, 4) is 0 Å². The lowest BCUT2D eigenvalue weighted by atomic mass is 9.86. The summed E-state index contributed by atoms with van der Waals surface area (Å²) in [5.41, 5.74) is 2.24. The molecule has 0 spiro atoms. The molecule has 1 aromatic heterocycles. The number of imidazole rings is 1. The van der Waals surface area contributed by atoms with Crippen molar-refractivity contribution < 1.29 is 9.59 Å². The number of amides is 2. The molecule has 0 saturated heterocycles. The molecule has 1 aliphatic carbocycles. The van der Waals surface area contributed by atoms with Gasteiger partial charge in [-0.05, 0) is 56.2 Å². The Morgan fingerprint density at radius 3 is 2.60 bits per heavy atom. The second-order valence-corrected chi connectivity index (χ2v) is 9.97. The molecule has 2 aliphatic rings. The van der Waals surface area contributed by atoms with Gasteiger partial charge in [-0.15, -0.1) is 0 Å². The van der Waals surface area contributed by atoms with Crippen molar-refractivity contribution in [1.82, 2.24) is 25.1 Å². The number of allylic oxidation sites excluding steroid dienone is 2. The minimum atomic E-state index is -0.631. The van der Waals surface area contributed by atoms with Gasteiger partial charge in [0.15, 0.2) is 5.69 Å². The third kappa shape index (κ3) is 4.77. The van der Waals surface area contributed by atoms with Crippen LogP contribution in [0.15, 0.2) is 6.08 Å². The van der Waals surface area contributed by atoms with Crippen molar-refractivity contribution in [2.75, 3.05) is 20.6 Å². The Hall–Kier alpha value is -2.15. The van der Waals surface area contributed by atoms with Gasteiger partial charge in [0, 0.05) is 20.1 Å². The fourth-order valence-electron chi connectivity index (χ4n) is 4.34. The Morgan fingerprint density at radius 1 is 1.27 bits per heavy atom. The summed E-state index contributed by atoms with van der Waals surface area (Å²) < 4.78 is 2.24. The van der Waals surface area contributed by atoms with Crippen LogP contribution < -0.4 is 10.6 Å². The average molecular weight is 416 g/mol. The molecule has 1 unspecified atom stereocenters. The fraction of sp³-hybridized carbons (Fsp3) is 0.696. The van der Waals surface area contributed by atoms with E-state index in [-0.39, 0.29) is 11.8 Å². The van der Waals surface area contributed by atoms with Crippen molar-refractivity contribution in [3.63, 3.8) is 0 Å². The Kier molecular flexibility index (Phi) is 6.70. The van der Waals surface area contributed by atoms with Gasteiger partial charge in [-0.3, -0.25) is 9.59 Å². The molecule has 2 atom stereocenters. The molecule has 0 aromatic carbocycles. The zero-order valence-corrected chi connectivity index (χ0v) is 19.3. The average Bonchev–Trinajstić information content (AvgIpc) is 2.91. The molecule has 1 aliphatic heterocycles. The van der Waals surface area contributed by atoms with Gasteiger partial charge in [-0.1, -0.05) is 33.8 Å². The molecule has 30 heavy (non-hydrogen) atoms. The van der Waals surface area contributed by atoms with E-state index in [2.05, 4.69) is 40.1 Å². The number of nitrogens with one attached hydrogen (secondary N) is 2. The Morgan fingerprint density at radius 2 is 2.00 bits per heavy atom. The molecule has 0 radical (unpaired) electrons. The van der Waals surface area contributed by atoms with Crippen LogP contribution in [-0.4, -0.2) is 52.9 Å². The first-order chi connectivity index (χ1) is 14.1. The van der Waals surface area contributed by atoms with Crippen molar-refractivity contribution in [2.24, 2.45) is 11.3 Å². The molecule has 2 heterocycles. The molecule has 0 bridgehead atoms. The zero-order valence-electron chi connectivity index (χ0n) is 19.3. The van der Waals surface area contributed by atoms with Gasteiger partial charge >= 0.3 is 0 Å². The first kappa shape index (κ1) is 22.5. The second-order valence-electron chi connectivity index (χ2n) is 9.97. The summed E-state index contributed by atoms with van der Waals surface area (Å²) in [5, 5.41) is 5.64. The summed E-state index contributed by atoms with van der Waals surface area (Å²) in [7, 11) is 3.67. The van der Waals surface area contributed by atoms with Crippen LogP contribution in [0.5, 0.6) is 0 Å². The predicted octanol–water partition coefficient (Wildman–Crippen LogP) is 2.81. The molecule has 2 amide bonds. The standard InChI is InChI=1S/C23H37N5O2/c1-15-8-10-16(11-9-15)20-25-18(17-14-27(6)12-7-13-28(17)20)21(29)26-19(22(30)24-5)23(2,3)4/h10,15,19H,7-9,11-14H2,1-6H3,(H,24,30)(H,26,29)/t15?,19-/m1/s1. The highest BCUT2D eigenvalue weighted by molar-refractivity contribution is 5.97. The lowest BCUT2D eigenvalue weighted by Gasteiger charge is -2.29. The Labute approximate surface area is 180 Å². The van der Waals surface area contributed by atoms with Crippen molar-refractivity contribution in [1.29, 1.82) is 0 Å². The molecule has 166 valence electrons.